The predicted octanol–water partition coefficient (Wildman–Crippen LogP) is 3.55. The van der Waals surface area contributed by atoms with Gasteiger partial charge in [-0.2, -0.15) is 26.3 Å². The molecule has 14 heteroatoms. The number of ether oxygens (including phenoxy) is 1. The van der Waals surface area contributed by atoms with E-state index in [1.54, 1.807) is 18.7 Å². The number of amides is 1. The van der Waals surface area contributed by atoms with Gasteiger partial charge in [-0.25, -0.2) is 14.8 Å². The van der Waals surface area contributed by atoms with Gasteiger partial charge in [-0.1, -0.05) is 13.8 Å². The highest BCUT2D eigenvalue weighted by molar-refractivity contribution is 5.71. The first kappa shape index (κ1) is 24.3. The van der Waals surface area contributed by atoms with Gasteiger partial charge in [0.05, 0.1) is 11.6 Å². The number of nitrogens with zero attached hydrogens (tertiary/aromatic N) is 4. The Kier molecular flexibility index (Phi) is 6.56. The van der Waals surface area contributed by atoms with Crippen molar-refractivity contribution < 1.29 is 35.9 Å². The Morgan fingerprint density at radius 1 is 1.12 bits per heavy atom. The Morgan fingerprint density at radius 2 is 1.76 bits per heavy atom. The summed E-state index contributed by atoms with van der Waals surface area (Å²) < 4.78 is 82.0. The molecule has 2 aromatic rings. The zero-order valence-corrected chi connectivity index (χ0v) is 17.4. The van der Waals surface area contributed by atoms with Gasteiger partial charge in [0.15, 0.2) is 0 Å². The van der Waals surface area contributed by atoms with Gasteiger partial charge in [0.2, 0.25) is 5.95 Å². The predicted molar refractivity (Wildman–Crippen MR) is 103 cm³/mol. The number of hydrogen-bond donors (Lipinski definition) is 1. The number of aromatic amines is 1. The highest BCUT2D eigenvalue weighted by Gasteiger charge is 2.37. The molecule has 1 fully saturated rings. The topological polar surface area (TPSA) is 91.4 Å². The van der Waals surface area contributed by atoms with Gasteiger partial charge < -0.3 is 19.5 Å². The number of piperazine rings is 1. The summed E-state index contributed by atoms with van der Waals surface area (Å²) in [6.07, 6.45) is -8.24. The van der Waals surface area contributed by atoms with E-state index in [9.17, 15) is 35.9 Å². The quantitative estimate of drug-likeness (QED) is 0.678. The number of H-pyrrole nitrogens is 1. The average molecular weight is 479 g/mol. The van der Waals surface area contributed by atoms with Crippen LogP contribution in [0.15, 0.2) is 29.5 Å². The number of nitrogens with one attached hydrogen (secondary N) is 1. The number of hydrogen-bond acceptors (Lipinski definition) is 6. The number of alkyl halides is 6. The fraction of sp³-hybridized carbons (Fsp3) is 0.474. The molecule has 0 radical (unpaired) electrons. The summed E-state index contributed by atoms with van der Waals surface area (Å²) in [5.74, 6) is -0.573. The number of carbonyl (C=O) groups excluding carboxylic acids is 1. The summed E-state index contributed by atoms with van der Waals surface area (Å²) in [5, 5.41) is 0. The van der Waals surface area contributed by atoms with Gasteiger partial charge in [0.25, 0.3) is 5.56 Å². The van der Waals surface area contributed by atoms with Crippen LogP contribution in [0, 0.1) is 5.92 Å². The maximum atomic E-state index is 12.9. The number of rotatable bonds is 3. The summed E-state index contributed by atoms with van der Waals surface area (Å²) in [4.78, 5) is 36.4. The van der Waals surface area contributed by atoms with Crippen molar-refractivity contribution in [3.05, 3.63) is 46.1 Å². The van der Waals surface area contributed by atoms with Crippen molar-refractivity contribution in [2.75, 3.05) is 24.5 Å². The van der Waals surface area contributed by atoms with Crippen molar-refractivity contribution in [1.29, 1.82) is 0 Å². The van der Waals surface area contributed by atoms with E-state index in [0.717, 1.165) is 6.20 Å². The Hall–Kier alpha value is -3.32. The van der Waals surface area contributed by atoms with Crippen LogP contribution in [0.25, 0.3) is 0 Å². The third-order valence-electron chi connectivity index (χ3n) is 5.06. The molecule has 1 unspecified atom stereocenters. The molecule has 1 atom stereocenters. The van der Waals surface area contributed by atoms with Gasteiger partial charge in [0.1, 0.15) is 11.3 Å². The first-order valence-corrected chi connectivity index (χ1v) is 9.70. The van der Waals surface area contributed by atoms with Gasteiger partial charge in [0, 0.05) is 44.3 Å². The normalized spacial score (nSPS) is 17.4. The maximum absolute atomic E-state index is 12.9. The van der Waals surface area contributed by atoms with E-state index >= 15 is 0 Å². The Labute approximate surface area is 183 Å². The fourth-order valence-corrected chi connectivity index (χ4v) is 3.31. The molecular formula is C19H19F6N5O3. The minimum Gasteiger partial charge on any atom is -0.409 e. The van der Waals surface area contributed by atoms with Crippen molar-refractivity contribution in [3.8, 4) is 5.75 Å². The minimum absolute atomic E-state index is 0.0529. The Morgan fingerprint density at radius 3 is 2.30 bits per heavy atom. The highest BCUT2D eigenvalue weighted by Crippen LogP contribution is 2.30. The molecule has 1 amide bonds. The monoisotopic (exact) mass is 479 g/mol. The van der Waals surface area contributed by atoms with Gasteiger partial charge >= 0.3 is 18.4 Å². The van der Waals surface area contributed by atoms with E-state index in [1.807, 2.05) is 4.98 Å². The van der Waals surface area contributed by atoms with Crippen LogP contribution >= 0.6 is 0 Å². The molecule has 0 bridgehead atoms. The first-order chi connectivity index (χ1) is 15.3. The standard InChI is InChI=1S/C19H19F6N5O3/c1-10(2)14-9-29(16-27-6-11(7-28-16)18(20,21)22)3-4-30(14)17(32)33-12-5-13(19(23,24)25)15(31)26-8-12/h5-8,10,14H,3-4,9H2,1-2H3,(H,26,31). The van der Waals surface area contributed by atoms with E-state index in [0.29, 0.717) is 18.5 Å². The molecule has 8 nitrogen and oxygen atoms in total. The lowest BCUT2D eigenvalue weighted by atomic mass is 10.00. The molecule has 0 spiro atoms. The molecule has 1 aliphatic rings. The molecule has 1 N–H and O–H groups in total. The molecule has 0 aliphatic carbocycles. The Bertz CT molecular complexity index is 1050. The third kappa shape index (κ3) is 5.54. The second-order valence-electron chi connectivity index (χ2n) is 7.66. The molecule has 0 aromatic carbocycles. The summed E-state index contributed by atoms with van der Waals surface area (Å²) in [7, 11) is 0. The van der Waals surface area contributed by atoms with Gasteiger partial charge in [-0.05, 0) is 5.92 Å². The second-order valence-corrected chi connectivity index (χ2v) is 7.66. The largest absolute Gasteiger partial charge is 0.421 e. The summed E-state index contributed by atoms with van der Waals surface area (Å²) >= 11 is 0. The van der Waals surface area contributed by atoms with Gasteiger partial charge in [-0.3, -0.25) is 4.79 Å². The number of carbonyl (C=O) groups is 1. The number of aromatic nitrogens is 3. The summed E-state index contributed by atoms with van der Waals surface area (Å²) in [6, 6.07) is -0.0603. The van der Waals surface area contributed by atoms with Crippen molar-refractivity contribution in [3.63, 3.8) is 0 Å². The van der Waals surface area contributed by atoms with Crippen LogP contribution in [0.3, 0.4) is 0 Å². The number of halogens is 6. The number of anilines is 1. The van der Waals surface area contributed by atoms with Crippen LogP contribution in [-0.4, -0.2) is 51.6 Å². The van der Waals surface area contributed by atoms with Crippen LogP contribution in [0.1, 0.15) is 25.0 Å². The maximum Gasteiger partial charge on any atom is 0.421 e. The lowest BCUT2D eigenvalue weighted by Gasteiger charge is -2.42. The van der Waals surface area contributed by atoms with Crippen molar-refractivity contribution in [2.24, 2.45) is 5.92 Å². The fourth-order valence-electron chi connectivity index (χ4n) is 3.31. The highest BCUT2D eigenvalue weighted by atomic mass is 19.4. The van der Waals surface area contributed by atoms with Crippen LogP contribution in [0.5, 0.6) is 5.75 Å². The minimum atomic E-state index is -4.93. The summed E-state index contributed by atoms with van der Waals surface area (Å²) in [5.41, 5.74) is -3.86. The molecule has 3 rings (SSSR count). The zero-order valence-electron chi connectivity index (χ0n) is 17.4. The van der Waals surface area contributed by atoms with Crippen molar-refractivity contribution in [2.45, 2.75) is 32.2 Å². The van der Waals surface area contributed by atoms with E-state index in [2.05, 4.69) is 9.97 Å². The molecular weight excluding hydrogens is 460 g/mol. The Balaban J connectivity index is 1.75. The van der Waals surface area contributed by atoms with Crippen molar-refractivity contribution >= 4 is 12.0 Å². The molecule has 180 valence electrons. The van der Waals surface area contributed by atoms with Crippen LogP contribution in [-0.2, 0) is 12.4 Å². The molecule has 1 aliphatic heterocycles. The first-order valence-electron chi connectivity index (χ1n) is 9.70. The third-order valence-corrected chi connectivity index (χ3v) is 5.06. The van der Waals surface area contributed by atoms with E-state index < -0.39 is 46.9 Å². The average Bonchev–Trinajstić information content (AvgIpc) is 2.73. The number of pyridine rings is 1. The van der Waals surface area contributed by atoms with Crippen LogP contribution in [0.2, 0.25) is 0 Å². The van der Waals surface area contributed by atoms with Crippen LogP contribution in [0.4, 0.5) is 37.1 Å². The SMILES string of the molecule is CC(C)C1CN(c2ncc(C(F)(F)F)cn2)CCN1C(=O)Oc1c[nH]c(=O)c(C(F)(F)F)c1. The van der Waals surface area contributed by atoms with E-state index in [1.165, 1.54) is 4.90 Å². The lowest BCUT2D eigenvalue weighted by molar-refractivity contribution is -0.139. The molecule has 1 saturated heterocycles. The van der Waals surface area contributed by atoms with Gasteiger partial charge in [-0.15, -0.1) is 0 Å². The van der Waals surface area contributed by atoms with Crippen molar-refractivity contribution in [1.82, 2.24) is 19.9 Å². The second kappa shape index (κ2) is 8.90. The zero-order chi connectivity index (χ0) is 24.6. The lowest BCUT2D eigenvalue weighted by Crippen LogP contribution is -2.58. The molecule has 0 saturated carbocycles. The summed E-state index contributed by atoms with van der Waals surface area (Å²) in [6.45, 7) is 3.97. The van der Waals surface area contributed by atoms with E-state index in [4.69, 9.17) is 4.74 Å². The molecule has 33 heavy (non-hydrogen) atoms. The van der Waals surface area contributed by atoms with Crippen LogP contribution < -0.4 is 15.2 Å². The van der Waals surface area contributed by atoms with E-state index in [-0.39, 0.29) is 31.5 Å². The molecule has 3 heterocycles. The smallest absolute Gasteiger partial charge is 0.409 e. The molecule has 2 aromatic heterocycles.